The van der Waals surface area contributed by atoms with Gasteiger partial charge in [0.15, 0.2) is 5.96 Å². The molecule has 0 aromatic heterocycles. The molecule has 0 spiro atoms. The molecule has 1 amide bonds. The van der Waals surface area contributed by atoms with Crippen molar-refractivity contribution in [1.82, 2.24) is 16.0 Å². The number of aryl methyl sites for hydroxylation is 1. The first-order chi connectivity index (χ1) is 12.0. The van der Waals surface area contributed by atoms with Gasteiger partial charge in [-0.05, 0) is 25.8 Å². The number of aliphatic imine (C=N–C) groups is 1. The number of halogens is 2. The van der Waals surface area contributed by atoms with Crippen LogP contribution in [0.15, 0.2) is 23.2 Å². The number of alkyl halides is 2. The first kappa shape index (κ1) is 19.0. The lowest BCUT2D eigenvalue weighted by Gasteiger charge is -2.15. The van der Waals surface area contributed by atoms with Gasteiger partial charge in [0, 0.05) is 38.2 Å². The van der Waals surface area contributed by atoms with E-state index in [4.69, 9.17) is 0 Å². The van der Waals surface area contributed by atoms with Crippen molar-refractivity contribution in [2.75, 3.05) is 20.1 Å². The predicted molar refractivity (Wildman–Crippen MR) is 91.7 cm³/mol. The molecule has 0 unspecified atom stereocenters. The fraction of sp³-hybridized carbons (Fsp3) is 0.529. The second kappa shape index (κ2) is 9.19. The fourth-order valence-corrected chi connectivity index (χ4v) is 2.31. The Kier molecular flexibility index (Phi) is 6.97. The molecule has 6 nitrogen and oxygen atoms in total. The Hall–Kier alpha value is -2.38. The second-order valence-corrected chi connectivity index (χ2v) is 5.91. The van der Waals surface area contributed by atoms with Crippen LogP contribution in [-0.2, 0) is 11.3 Å². The standard InChI is InChI=1S/C17H24F2N4O2/c1-11-3-6-14(25-16(18)19)13(9-11)10-23-17(20-2)22-8-7-21-15(24)12-4-5-12/h3,6,9,12,16H,4-5,7-8,10H2,1-2H3,(H,21,24)(H2,20,22,23). The zero-order valence-corrected chi connectivity index (χ0v) is 14.4. The van der Waals surface area contributed by atoms with Gasteiger partial charge in [0.25, 0.3) is 0 Å². The molecule has 2 rings (SSSR count). The molecule has 25 heavy (non-hydrogen) atoms. The van der Waals surface area contributed by atoms with Crippen LogP contribution in [0.1, 0.15) is 24.0 Å². The minimum Gasteiger partial charge on any atom is -0.434 e. The van der Waals surface area contributed by atoms with Gasteiger partial charge in [0.05, 0.1) is 0 Å². The lowest BCUT2D eigenvalue weighted by atomic mass is 10.1. The van der Waals surface area contributed by atoms with Gasteiger partial charge < -0.3 is 20.7 Å². The Bertz CT molecular complexity index is 619. The third-order valence-electron chi connectivity index (χ3n) is 3.77. The quantitative estimate of drug-likeness (QED) is 0.378. The lowest BCUT2D eigenvalue weighted by molar-refractivity contribution is -0.122. The van der Waals surface area contributed by atoms with Crippen molar-refractivity contribution in [3.63, 3.8) is 0 Å². The first-order valence-electron chi connectivity index (χ1n) is 8.26. The fourth-order valence-electron chi connectivity index (χ4n) is 2.31. The molecule has 0 bridgehead atoms. The van der Waals surface area contributed by atoms with Gasteiger partial charge >= 0.3 is 6.61 Å². The van der Waals surface area contributed by atoms with Crippen LogP contribution in [0.5, 0.6) is 5.75 Å². The van der Waals surface area contributed by atoms with E-state index >= 15 is 0 Å². The summed E-state index contributed by atoms with van der Waals surface area (Å²) in [6.07, 6.45) is 1.95. The molecule has 8 heteroatoms. The molecule has 1 aliphatic carbocycles. The number of rotatable bonds is 8. The van der Waals surface area contributed by atoms with Gasteiger partial charge in [-0.25, -0.2) is 0 Å². The number of amides is 1. The monoisotopic (exact) mass is 354 g/mol. The smallest absolute Gasteiger partial charge is 0.387 e. The molecule has 1 saturated carbocycles. The molecule has 0 heterocycles. The molecule has 1 fully saturated rings. The van der Waals surface area contributed by atoms with Crippen LogP contribution in [0.4, 0.5) is 8.78 Å². The molecule has 1 aromatic carbocycles. The summed E-state index contributed by atoms with van der Waals surface area (Å²) < 4.78 is 29.5. The average molecular weight is 354 g/mol. The van der Waals surface area contributed by atoms with E-state index in [1.165, 1.54) is 6.07 Å². The van der Waals surface area contributed by atoms with E-state index in [2.05, 4.69) is 25.7 Å². The van der Waals surface area contributed by atoms with Crippen LogP contribution in [0.2, 0.25) is 0 Å². The van der Waals surface area contributed by atoms with Gasteiger partial charge in [-0.1, -0.05) is 17.7 Å². The van der Waals surface area contributed by atoms with Crippen LogP contribution in [0.3, 0.4) is 0 Å². The normalized spacial score (nSPS) is 14.4. The van der Waals surface area contributed by atoms with Crippen LogP contribution >= 0.6 is 0 Å². The molecule has 0 atom stereocenters. The summed E-state index contributed by atoms with van der Waals surface area (Å²) in [4.78, 5) is 15.6. The highest BCUT2D eigenvalue weighted by Gasteiger charge is 2.28. The van der Waals surface area contributed by atoms with Crippen molar-refractivity contribution in [2.45, 2.75) is 32.9 Å². The maximum atomic E-state index is 12.5. The zero-order chi connectivity index (χ0) is 18.2. The number of nitrogens with one attached hydrogen (secondary N) is 3. The number of ether oxygens (including phenoxy) is 1. The number of carbonyl (C=O) groups excluding carboxylic acids is 1. The third-order valence-corrected chi connectivity index (χ3v) is 3.77. The minimum absolute atomic E-state index is 0.0956. The summed E-state index contributed by atoms with van der Waals surface area (Å²) in [5, 5.41) is 8.96. The minimum atomic E-state index is -2.87. The Balaban J connectivity index is 1.79. The molecule has 3 N–H and O–H groups in total. The van der Waals surface area contributed by atoms with Gasteiger partial charge in [0.1, 0.15) is 5.75 Å². The van der Waals surface area contributed by atoms with Crippen molar-refractivity contribution in [1.29, 1.82) is 0 Å². The lowest BCUT2D eigenvalue weighted by Crippen LogP contribution is -2.41. The predicted octanol–water partition coefficient (Wildman–Crippen LogP) is 1.79. The summed E-state index contributed by atoms with van der Waals surface area (Å²) >= 11 is 0. The highest BCUT2D eigenvalue weighted by atomic mass is 19.3. The van der Waals surface area contributed by atoms with E-state index in [-0.39, 0.29) is 24.1 Å². The maximum Gasteiger partial charge on any atom is 0.387 e. The Morgan fingerprint density at radius 1 is 1.28 bits per heavy atom. The van der Waals surface area contributed by atoms with E-state index < -0.39 is 6.61 Å². The number of hydrogen-bond acceptors (Lipinski definition) is 3. The van der Waals surface area contributed by atoms with Crippen molar-refractivity contribution in [2.24, 2.45) is 10.9 Å². The van der Waals surface area contributed by atoms with Crippen LogP contribution in [0, 0.1) is 12.8 Å². The van der Waals surface area contributed by atoms with Crippen molar-refractivity contribution >= 4 is 11.9 Å². The average Bonchev–Trinajstić information content (AvgIpc) is 3.40. The van der Waals surface area contributed by atoms with Crippen LogP contribution < -0.4 is 20.7 Å². The Labute approximate surface area is 146 Å². The largest absolute Gasteiger partial charge is 0.434 e. The van der Waals surface area contributed by atoms with Crippen LogP contribution in [0.25, 0.3) is 0 Å². The van der Waals surface area contributed by atoms with Crippen molar-refractivity contribution < 1.29 is 18.3 Å². The van der Waals surface area contributed by atoms with Crippen LogP contribution in [-0.4, -0.2) is 38.6 Å². The number of guanidine groups is 1. The molecule has 0 radical (unpaired) electrons. The maximum absolute atomic E-state index is 12.5. The summed E-state index contributed by atoms with van der Waals surface area (Å²) in [5.41, 5.74) is 1.56. The van der Waals surface area contributed by atoms with E-state index in [9.17, 15) is 13.6 Å². The van der Waals surface area contributed by atoms with E-state index in [1.807, 2.05) is 6.92 Å². The molecule has 1 aromatic rings. The second-order valence-electron chi connectivity index (χ2n) is 5.91. The summed E-state index contributed by atoms with van der Waals surface area (Å²) in [6, 6.07) is 5.03. The third kappa shape index (κ3) is 6.56. The van der Waals surface area contributed by atoms with E-state index in [0.29, 0.717) is 24.6 Å². The SMILES string of the molecule is CN=C(NCCNC(=O)C1CC1)NCc1cc(C)ccc1OC(F)F. The molecule has 1 aliphatic rings. The van der Waals surface area contributed by atoms with Gasteiger partial charge in [-0.15, -0.1) is 0 Å². The molecular formula is C17H24F2N4O2. The van der Waals surface area contributed by atoms with Gasteiger partial charge in [-0.3, -0.25) is 9.79 Å². The first-order valence-corrected chi connectivity index (χ1v) is 8.26. The van der Waals surface area contributed by atoms with Gasteiger partial charge in [-0.2, -0.15) is 8.78 Å². The van der Waals surface area contributed by atoms with Crippen molar-refractivity contribution in [3.05, 3.63) is 29.3 Å². The number of nitrogens with zero attached hydrogens (tertiary/aromatic N) is 1. The molecular weight excluding hydrogens is 330 g/mol. The Morgan fingerprint density at radius 3 is 2.64 bits per heavy atom. The van der Waals surface area contributed by atoms with Gasteiger partial charge in [0.2, 0.25) is 5.91 Å². The molecule has 138 valence electrons. The van der Waals surface area contributed by atoms with Crippen molar-refractivity contribution in [3.8, 4) is 5.75 Å². The van der Waals surface area contributed by atoms with E-state index in [1.54, 1.807) is 19.2 Å². The summed E-state index contributed by atoms with van der Waals surface area (Å²) in [6.45, 7) is 0.323. The molecule has 0 saturated heterocycles. The number of carbonyl (C=O) groups is 1. The Morgan fingerprint density at radius 2 is 2.00 bits per heavy atom. The number of hydrogen-bond donors (Lipinski definition) is 3. The molecule has 0 aliphatic heterocycles. The summed E-state index contributed by atoms with van der Waals surface area (Å²) in [5.74, 6) is 0.940. The highest BCUT2D eigenvalue weighted by molar-refractivity contribution is 5.81. The zero-order valence-electron chi connectivity index (χ0n) is 14.4. The topological polar surface area (TPSA) is 74.8 Å². The summed E-state index contributed by atoms with van der Waals surface area (Å²) in [7, 11) is 1.62. The number of benzene rings is 1. The highest BCUT2D eigenvalue weighted by Crippen LogP contribution is 2.28. The van der Waals surface area contributed by atoms with E-state index in [0.717, 1.165) is 18.4 Å².